The molecule has 29 heavy (non-hydrogen) atoms. The molecule has 1 aromatic carbocycles. The molecule has 0 aliphatic carbocycles. The van der Waals surface area contributed by atoms with Crippen LogP contribution in [0.2, 0.25) is 0 Å². The van der Waals surface area contributed by atoms with Gasteiger partial charge in [0.15, 0.2) is 11.6 Å². The van der Waals surface area contributed by atoms with E-state index >= 15 is 0 Å². The van der Waals surface area contributed by atoms with Gasteiger partial charge in [-0.25, -0.2) is 4.79 Å². The predicted octanol–water partition coefficient (Wildman–Crippen LogP) is 1.97. The molecule has 0 radical (unpaired) electrons. The quantitative estimate of drug-likeness (QED) is 0.685. The molecule has 2 heterocycles. The number of nitrogens with one attached hydrogen (secondary N) is 1. The summed E-state index contributed by atoms with van der Waals surface area (Å²) in [6.45, 7) is 2.82. The Hall–Kier alpha value is -3.01. The first-order valence-electron chi connectivity index (χ1n) is 9.34. The van der Waals surface area contributed by atoms with Crippen molar-refractivity contribution >= 4 is 34.3 Å². The molecule has 0 saturated carbocycles. The molecule has 154 valence electrons. The van der Waals surface area contributed by atoms with Gasteiger partial charge < -0.3 is 19.7 Å². The Labute approximate surface area is 172 Å². The first-order valence-corrected chi connectivity index (χ1v) is 10.1. The summed E-state index contributed by atoms with van der Waals surface area (Å²) < 4.78 is 14.1. The van der Waals surface area contributed by atoms with Crippen LogP contribution in [0.5, 0.6) is 5.75 Å². The zero-order valence-electron chi connectivity index (χ0n) is 16.0. The molecule has 0 spiro atoms. The highest BCUT2D eigenvalue weighted by atomic mass is 32.1. The van der Waals surface area contributed by atoms with E-state index in [1.165, 1.54) is 0 Å². The lowest BCUT2D eigenvalue weighted by atomic mass is 9.96. The molecule has 1 fully saturated rings. The van der Waals surface area contributed by atoms with Gasteiger partial charge in [0.25, 0.3) is 5.91 Å². The van der Waals surface area contributed by atoms with Crippen molar-refractivity contribution in [2.45, 2.75) is 19.8 Å². The summed E-state index contributed by atoms with van der Waals surface area (Å²) in [5.41, 5.74) is 0.0101. The number of anilines is 1. The van der Waals surface area contributed by atoms with E-state index in [4.69, 9.17) is 9.47 Å². The number of carbonyl (C=O) groups excluding carboxylic acids is 3. The molecule has 1 aromatic heterocycles. The fourth-order valence-electron chi connectivity index (χ4n) is 2.96. The molecule has 1 aliphatic rings. The van der Waals surface area contributed by atoms with Gasteiger partial charge in [-0.2, -0.15) is 0 Å². The van der Waals surface area contributed by atoms with Crippen LogP contribution < -0.4 is 10.1 Å². The second-order valence-corrected chi connectivity index (χ2v) is 7.17. The van der Waals surface area contributed by atoms with E-state index in [9.17, 15) is 14.4 Å². The number of piperidine rings is 1. The molecular formula is C19H22N4O5S. The maximum absolute atomic E-state index is 12.5. The van der Waals surface area contributed by atoms with Gasteiger partial charge in [0.05, 0.1) is 6.61 Å². The number of amides is 2. The second-order valence-electron chi connectivity index (χ2n) is 6.42. The maximum Gasteiger partial charge on any atom is 0.362 e. The fraction of sp³-hybridized carbons (Fsp3) is 0.421. The molecule has 0 atom stereocenters. The number of carbonyl (C=O) groups is 3. The van der Waals surface area contributed by atoms with Crippen LogP contribution in [-0.4, -0.2) is 58.6 Å². The Kier molecular flexibility index (Phi) is 7.12. The van der Waals surface area contributed by atoms with Crippen molar-refractivity contribution in [3.8, 4) is 5.75 Å². The van der Waals surface area contributed by atoms with E-state index in [0.717, 1.165) is 11.5 Å². The summed E-state index contributed by atoms with van der Waals surface area (Å²) in [4.78, 5) is 38.4. The lowest BCUT2D eigenvalue weighted by molar-refractivity contribution is -0.136. The Morgan fingerprint density at radius 3 is 2.62 bits per heavy atom. The molecule has 2 aromatic rings. The highest BCUT2D eigenvalue weighted by Crippen LogP contribution is 2.23. The summed E-state index contributed by atoms with van der Waals surface area (Å²) in [5.74, 6) is -0.550. The van der Waals surface area contributed by atoms with Gasteiger partial charge in [-0.05, 0) is 31.9 Å². The number of hydrogen-bond acceptors (Lipinski definition) is 8. The van der Waals surface area contributed by atoms with E-state index in [2.05, 4.69) is 14.9 Å². The average molecular weight is 418 g/mol. The van der Waals surface area contributed by atoms with E-state index in [1.807, 2.05) is 18.2 Å². The molecule has 1 N–H and O–H groups in total. The largest absolute Gasteiger partial charge is 0.484 e. The molecule has 10 heteroatoms. The van der Waals surface area contributed by atoms with Crippen LogP contribution in [0.25, 0.3) is 0 Å². The number of aromatic nitrogens is 2. The smallest absolute Gasteiger partial charge is 0.362 e. The third kappa shape index (κ3) is 5.50. The summed E-state index contributed by atoms with van der Waals surface area (Å²) in [6.07, 6.45) is 1.06. The Bertz CT molecular complexity index is 849. The molecule has 9 nitrogen and oxygen atoms in total. The summed E-state index contributed by atoms with van der Waals surface area (Å²) in [6, 6.07) is 9.15. The number of para-hydroxylation sites is 1. The third-order valence-corrected chi connectivity index (χ3v) is 5.16. The number of likely N-dealkylation sites (tertiary alicyclic amines) is 1. The zero-order valence-corrected chi connectivity index (χ0v) is 16.8. The molecule has 0 bridgehead atoms. The Morgan fingerprint density at radius 2 is 1.93 bits per heavy atom. The molecular weight excluding hydrogens is 396 g/mol. The topological polar surface area (TPSA) is 111 Å². The van der Waals surface area contributed by atoms with Crippen LogP contribution in [-0.2, 0) is 14.3 Å². The van der Waals surface area contributed by atoms with Gasteiger partial charge in [0.1, 0.15) is 5.75 Å². The minimum atomic E-state index is -0.615. The minimum absolute atomic E-state index is 0.0101. The fourth-order valence-corrected chi connectivity index (χ4v) is 3.52. The monoisotopic (exact) mass is 418 g/mol. The van der Waals surface area contributed by atoms with E-state index in [0.29, 0.717) is 31.7 Å². The van der Waals surface area contributed by atoms with Crippen LogP contribution in [0.15, 0.2) is 30.3 Å². The lowest BCUT2D eigenvalue weighted by Crippen LogP contribution is -2.43. The third-order valence-electron chi connectivity index (χ3n) is 4.52. The van der Waals surface area contributed by atoms with Crippen molar-refractivity contribution in [3.05, 3.63) is 36.0 Å². The van der Waals surface area contributed by atoms with Crippen molar-refractivity contribution in [1.29, 1.82) is 0 Å². The lowest BCUT2D eigenvalue weighted by Gasteiger charge is -2.31. The number of rotatable bonds is 7. The minimum Gasteiger partial charge on any atom is -0.484 e. The van der Waals surface area contributed by atoms with Crippen LogP contribution in [0.1, 0.15) is 30.3 Å². The van der Waals surface area contributed by atoms with Crippen molar-refractivity contribution < 1.29 is 23.9 Å². The van der Waals surface area contributed by atoms with Gasteiger partial charge in [-0.15, -0.1) is 5.10 Å². The molecule has 2 amide bonds. The van der Waals surface area contributed by atoms with Crippen LogP contribution in [0, 0.1) is 5.92 Å². The highest BCUT2D eigenvalue weighted by Gasteiger charge is 2.29. The number of benzene rings is 1. The molecule has 1 aliphatic heterocycles. The first kappa shape index (κ1) is 20.7. The van der Waals surface area contributed by atoms with Gasteiger partial charge in [0, 0.05) is 30.5 Å². The van der Waals surface area contributed by atoms with Crippen molar-refractivity contribution in [2.75, 3.05) is 31.6 Å². The number of esters is 1. The van der Waals surface area contributed by atoms with Gasteiger partial charge >= 0.3 is 5.97 Å². The van der Waals surface area contributed by atoms with Crippen LogP contribution in [0.4, 0.5) is 5.00 Å². The second kappa shape index (κ2) is 9.97. The van der Waals surface area contributed by atoms with Crippen LogP contribution >= 0.6 is 11.5 Å². The zero-order chi connectivity index (χ0) is 20.6. The number of ether oxygens (including phenoxy) is 2. The van der Waals surface area contributed by atoms with Gasteiger partial charge in [0.2, 0.25) is 11.6 Å². The van der Waals surface area contributed by atoms with Crippen LogP contribution in [0.3, 0.4) is 0 Å². The van der Waals surface area contributed by atoms with E-state index in [1.54, 1.807) is 24.0 Å². The maximum atomic E-state index is 12.5. The number of hydrogen-bond donors (Lipinski definition) is 1. The van der Waals surface area contributed by atoms with Crippen molar-refractivity contribution in [1.82, 2.24) is 14.5 Å². The standard InChI is InChI=1S/C19H22N4O5S/c1-2-27-19(26)16-18(29-22-21-16)20-17(25)13-8-10-23(11-9-13)15(24)12-28-14-6-4-3-5-7-14/h3-7,13H,2,8-12H2,1H3,(H,20,25). The van der Waals surface area contributed by atoms with Crippen molar-refractivity contribution in [2.24, 2.45) is 5.92 Å². The summed E-state index contributed by atoms with van der Waals surface area (Å²) >= 11 is 0.931. The van der Waals surface area contributed by atoms with Crippen molar-refractivity contribution in [3.63, 3.8) is 0 Å². The average Bonchev–Trinajstić information content (AvgIpc) is 3.21. The first-order chi connectivity index (χ1) is 14.1. The SMILES string of the molecule is CCOC(=O)c1nnsc1NC(=O)C1CCN(C(=O)COc2ccccc2)CC1. The Balaban J connectivity index is 1.47. The van der Waals surface area contributed by atoms with E-state index < -0.39 is 5.97 Å². The normalized spacial score (nSPS) is 14.3. The Morgan fingerprint density at radius 1 is 1.21 bits per heavy atom. The summed E-state index contributed by atoms with van der Waals surface area (Å²) in [5, 5.41) is 6.72. The molecule has 3 rings (SSSR count). The summed E-state index contributed by atoms with van der Waals surface area (Å²) in [7, 11) is 0. The van der Waals surface area contributed by atoms with Gasteiger partial charge in [-0.1, -0.05) is 22.7 Å². The molecule has 1 saturated heterocycles. The van der Waals surface area contributed by atoms with E-state index in [-0.39, 0.29) is 41.6 Å². The van der Waals surface area contributed by atoms with Gasteiger partial charge in [-0.3, -0.25) is 9.59 Å². The highest BCUT2D eigenvalue weighted by molar-refractivity contribution is 7.10. The number of nitrogens with zero attached hydrogens (tertiary/aromatic N) is 3. The molecule has 0 unspecified atom stereocenters. The predicted molar refractivity (Wildman–Crippen MR) is 106 cm³/mol.